The zero-order valence-corrected chi connectivity index (χ0v) is 30.4. The molecule has 12 nitrogen and oxygen atoms in total. The normalized spacial score (nSPS) is 18.0. The van der Waals surface area contributed by atoms with Crippen LogP contribution in [0.4, 0.5) is 0 Å². The summed E-state index contributed by atoms with van der Waals surface area (Å²) in [6.07, 6.45) is -5.79. The Balaban J connectivity index is 1.43. The molecule has 266 valence electrons. The largest absolute Gasteiger partial charge is 0.486 e. The third kappa shape index (κ3) is 8.39. The highest BCUT2D eigenvalue weighted by molar-refractivity contribution is 14.1. The number of rotatable bonds is 11. The lowest BCUT2D eigenvalue weighted by atomic mass is 10.1. The number of nitrogens with zero attached hydrogens (tertiary/aromatic N) is 1. The molecular weight excluding hydrogens is 830 g/mol. The van der Waals surface area contributed by atoms with Gasteiger partial charge in [0.15, 0.2) is 18.4 Å². The number of aromatic nitrogens is 2. The first kappa shape index (κ1) is 36.8. The number of H-pyrrole nitrogens is 1. The first-order chi connectivity index (χ1) is 25.1. The Kier molecular flexibility index (Phi) is 11.7. The van der Waals surface area contributed by atoms with E-state index in [9.17, 15) is 24.0 Å². The van der Waals surface area contributed by atoms with Crippen LogP contribution in [0.25, 0.3) is 0 Å². The SMILES string of the molecule is O=C(OC[C@H]1O[C@@H](n2c(COc3ccc(Cl)cc3Cl)c(I)c(=O)[nH]c2=O)[C@H](OC(=O)c2ccccc2)[C@@H]1OC(=O)c1ccccc1)c1ccccc1. The summed E-state index contributed by atoms with van der Waals surface area (Å²) >= 11 is 14.1. The van der Waals surface area contributed by atoms with Gasteiger partial charge in [0, 0.05) is 5.02 Å². The van der Waals surface area contributed by atoms with E-state index in [0.717, 1.165) is 4.57 Å². The molecule has 52 heavy (non-hydrogen) atoms. The molecule has 15 heteroatoms. The maximum atomic E-state index is 13.7. The lowest BCUT2D eigenvalue weighted by Crippen LogP contribution is -2.44. The summed E-state index contributed by atoms with van der Waals surface area (Å²) in [5.41, 5.74) is -1.10. The van der Waals surface area contributed by atoms with Crippen molar-refractivity contribution < 1.29 is 38.1 Å². The summed E-state index contributed by atoms with van der Waals surface area (Å²) in [5.74, 6) is -2.15. The summed E-state index contributed by atoms with van der Waals surface area (Å²) in [5, 5.41) is 0.527. The molecule has 1 N–H and O–H groups in total. The molecule has 0 bridgehead atoms. The van der Waals surface area contributed by atoms with Crippen LogP contribution in [0, 0.1) is 3.57 Å². The van der Waals surface area contributed by atoms with Gasteiger partial charge in [-0.05, 0) is 77.2 Å². The van der Waals surface area contributed by atoms with Gasteiger partial charge in [-0.1, -0.05) is 77.8 Å². The number of nitrogens with one attached hydrogen (secondary N) is 1. The number of hydrogen-bond donors (Lipinski definition) is 1. The Morgan fingerprint density at radius 3 is 1.85 bits per heavy atom. The first-order valence-corrected chi connectivity index (χ1v) is 17.4. The standard InChI is InChI=1S/C37H27Cl2IN2O10/c38-24-16-17-27(25(39)18-24)48-19-26-29(40)32(43)41-37(47)42(26)33-31(52-36(46)23-14-8-3-9-15-23)30(51-35(45)22-12-6-2-7-13-22)28(50-33)20-49-34(44)21-10-4-1-5-11-21/h1-18,28,30-31,33H,19-20H2,(H,41,43,47)/t28-,30-,31-,33-/m1/s1. The molecule has 0 aliphatic carbocycles. The molecule has 0 spiro atoms. The molecule has 4 aromatic carbocycles. The highest BCUT2D eigenvalue weighted by Crippen LogP contribution is 2.36. The van der Waals surface area contributed by atoms with E-state index in [1.165, 1.54) is 36.4 Å². The van der Waals surface area contributed by atoms with Gasteiger partial charge in [0.2, 0.25) is 0 Å². The van der Waals surface area contributed by atoms with E-state index >= 15 is 0 Å². The average Bonchev–Trinajstić information content (AvgIpc) is 3.48. The number of esters is 3. The number of carbonyl (C=O) groups excluding carboxylic acids is 3. The Bertz CT molecular complexity index is 2200. The summed E-state index contributed by atoms with van der Waals surface area (Å²) < 4.78 is 30.9. The van der Waals surface area contributed by atoms with Crippen LogP contribution < -0.4 is 16.0 Å². The summed E-state index contributed by atoms with van der Waals surface area (Å²) in [6.45, 7) is -0.877. The summed E-state index contributed by atoms with van der Waals surface area (Å²) in [6, 6.07) is 28.7. The molecule has 2 heterocycles. The minimum atomic E-state index is -1.54. The number of benzene rings is 4. The van der Waals surface area contributed by atoms with E-state index in [2.05, 4.69) is 4.98 Å². The van der Waals surface area contributed by atoms with Crippen LogP contribution in [0.1, 0.15) is 43.0 Å². The maximum Gasteiger partial charge on any atom is 0.338 e. The van der Waals surface area contributed by atoms with Crippen LogP contribution in [0.5, 0.6) is 5.75 Å². The topological polar surface area (TPSA) is 152 Å². The van der Waals surface area contributed by atoms with Crippen molar-refractivity contribution in [3.63, 3.8) is 0 Å². The quantitative estimate of drug-likeness (QED) is 0.0920. The Labute approximate surface area is 319 Å². The molecule has 1 aromatic heterocycles. The Morgan fingerprint density at radius 2 is 1.29 bits per heavy atom. The molecule has 1 aliphatic heterocycles. The average molecular weight is 857 g/mol. The minimum absolute atomic E-state index is 0.0150. The molecule has 4 atom stereocenters. The highest BCUT2D eigenvalue weighted by atomic mass is 127. The van der Waals surface area contributed by atoms with Crippen LogP contribution in [-0.2, 0) is 25.6 Å². The van der Waals surface area contributed by atoms with E-state index in [-0.39, 0.29) is 43.3 Å². The number of ether oxygens (including phenoxy) is 5. The second-order valence-corrected chi connectivity index (χ2v) is 13.2. The van der Waals surface area contributed by atoms with Gasteiger partial charge in [0.05, 0.1) is 27.4 Å². The smallest absolute Gasteiger partial charge is 0.338 e. The predicted molar refractivity (Wildman–Crippen MR) is 197 cm³/mol. The van der Waals surface area contributed by atoms with Crippen molar-refractivity contribution in [1.29, 1.82) is 0 Å². The molecule has 6 rings (SSSR count). The monoisotopic (exact) mass is 856 g/mol. The molecule has 0 radical (unpaired) electrons. The number of aromatic amines is 1. The fourth-order valence-corrected chi connectivity index (χ4v) is 6.39. The van der Waals surface area contributed by atoms with E-state index in [1.807, 2.05) is 0 Å². The van der Waals surface area contributed by atoms with E-state index in [0.29, 0.717) is 5.02 Å². The third-order valence-electron chi connectivity index (χ3n) is 7.87. The van der Waals surface area contributed by atoms with Gasteiger partial charge in [0.1, 0.15) is 28.6 Å². The van der Waals surface area contributed by atoms with Crippen molar-refractivity contribution in [3.8, 4) is 5.75 Å². The van der Waals surface area contributed by atoms with E-state index in [1.54, 1.807) is 95.4 Å². The van der Waals surface area contributed by atoms with E-state index < -0.39 is 60.3 Å². The second-order valence-electron chi connectivity index (χ2n) is 11.3. The molecule has 0 saturated carbocycles. The van der Waals surface area contributed by atoms with Crippen LogP contribution in [0.2, 0.25) is 10.0 Å². The van der Waals surface area contributed by atoms with Gasteiger partial charge in [0.25, 0.3) is 5.56 Å². The first-order valence-electron chi connectivity index (χ1n) is 15.6. The number of halogens is 3. The fraction of sp³-hybridized carbons (Fsp3) is 0.162. The van der Waals surface area contributed by atoms with Crippen molar-refractivity contribution in [2.75, 3.05) is 6.61 Å². The van der Waals surface area contributed by atoms with Crippen LogP contribution in [0.3, 0.4) is 0 Å². The molecule has 1 saturated heterocycles. The maximum absolute atomic E-state index is 13.7. The van der Waals surface area contributed by atoms with Crippen molar-refractivity contribution in [1.82, 2.24) is 9.55 Å². The van der Waals surface area contributed by atoms with Gasteiger partial charge in [-0.15, -0.1) is 0 Å². The minimum Gasteiger partial charge on any atom is -0.486 e. The molecule has 1 aliphatic rings. The highest BCUT2D eigenvalue weighted by Gasteiger charge is 2.52. The van der Waals surface area contributed by atoms with Crippen molar-refractivity contribution in [2.24, 2.45) is 0 Å². The van der Waals surface area contributed by atoms with Gasteiger partial charge in [-0.3, -0.25) is 14.3 Å². The summed E-state index contributed by atoms with van der Waals surface area (Å²) in [4.78, 5) is 69.0. The lowest BCUT2D eigenvalue weighted by molar-refractivity contribution is -0.0660. The number of hydrogen-bond acceptors (Lipinski definition) is 10. The van der Waals surface area contributed by atoms with Gasteiger partial charge >= 0.3 is 23.6 Å². The second kappa shape index (κ2) is 16.6. The molecule has 5 aromatic rings. The van der Waals surface area contributed by atoms with Crippen molar-refractivity contribution >= 4 is 63.7 Å². The molecule has 0 unspecified atom stereocenters. The van der Waals surface area contributed by atoms with Crippen molar-refractivity contribution in [2.45, 2.75) is 31.1 Å². The molecular formula is C37H27Cl2IN2O10. The molecule has 1 fully saturated rings. The Morgan fingerprint density at radius 1 is 0.750 bits per heavy atom. The zero-order chi connectivity index (χ0) is 36.8. The van der Waals surface area contributed by atoms with Gasteiger partial charge in [-0.2, -0.15) is 0 Å². The number of carbonyl (C=O) groups is 3. The zero-order valence-electron chi connectivity index (χ0n) is 26.8. The van der Waals surface area contributed by atoms with Crippen LogP contribution in [-0.4, -0.2) is 52.4 Å². The van der Waals surface area contributed by atoms with E-state index in [4.69, 9.17) is 46.9 Å². The van der Waals surface area contributed by atoms with Gasteiger partial charge in [-0.25, -0.2) is 19.2 Å². The summed E-state index contributed by atoms with van der Waals surface area (Å²) in [7, 11) is 0. The third-order valence-corrected chi connectivity index (χ3v) is 9.52. The van der Waals surface area contributed by atoms with Gasteiger partial charge < -0.3 is 23.7 Å². The predicted octanol–water partition coefficient (Wildman–Crippen LogP) is 6.23. The molecule has 0 amide bonds. The van der Waals surface area contributed by atoms with Crippen LogP contribution >= 0.6 is 45.8 Å². The van der Waals surface area contributed by atoms with Crippen LogP contribution in [0.15, 0.2) is 119 Å². The lowest BCUT2D eigenvalue weighted by Gasteiger charge is -2.26. The van der Waals surface area contributed by atoms with Crippen molar-refractivity contribution in [3.05, 3.63) is 166 Å². The Hall–Kier alpha value is -4.96. The fourth-order valence-electron chi connectivity index (χ4n) is 5.38.